The molecule has 1 atom stereocenters. The highest BCUT2D eigenvalue weighted by molar-refractivity contribution is 5.80. The van der Waals surface area contributed by atoms with Crippen LogP contribution in [0.4, 0.5) is 0 Å². The van der Waals surface area contributed by atoms with Crippen LogP contribution < -0.4 is 11.1 Å². The molecule has 0 bridgehead atoms. The molecule has 0 aliphatic rings. The third kappa shape index (κ3) is 6.86. The lowest BCUT2D eigenvalue weighted by Crippen LogP contribution is -2.30. The summed E-state index contributed by atoms with van der Waals surface area (Å²) in [5, 5.41) is 19.2. The van der Waals surface area contributed by atoms with E-state index in [4.69, 9.17) is 15.9 Å². The Morgan fingerprint density at radius 1 is 1.29 bits per heavy atom. The molecule has 0 radical (unpaired) electrons. The van der Waals surface area contributed by atoms with Crippen molar-refractivity contribution < 1.29 is 19.8 Å². The normalized spacial score (nSPS) is 13.2. The predicted molar refractivity (Wildman–Crippen MR) is 49.5 cm³/mol. The molecule has 0 aliphatic heterocycles. The van der Waals surface area contributed by atoms with Crippen molar-refractivity contribution in [2.45, 2.75) is 6.04 Å². The van der Waals surface area contributed by atoms with Crippen molar-refractivity contribution in [1.29, 1.82) is 0 Å². The Kier molecular flexibility index (Phi) is 5.80. The summed E-state index contributed by atoms with van der Waals surface area (Å²) in [5.74, 6) is -2.16. The Balaban J connectivity index is 4.03. The Labute approximate surface area is 80.7 Å². The molecule has 0 aliphatic carbocycles. The molecule has 0 saturated carbocycles. The number of carbonyl (C=O) groups is 2. The summed E-state index contributed by atoms with van der Waals surface area (Å²) in [7, 11) is 0. The second kappa shape index (κ2) is 6.67. The van der Waals surface area contributed by atoms with Gasteiger partial charge in [0.15, 0.2) is 0 Å². The minimum Gasteiger partial charge on any atom is -0.478 e. The van der Waals surface area contributed by atoms with Gasteiger partial charge in [0.25, 0.3) is 0 Å². The van der Waals surface area contributed by atoms with Gasteiger partial charge in [-0.25, -0.2) is 9.59 Å². The second-order valence-corrected chi connectivity index (χ2v) is 2.38. The summed E-state index contributed by atoms with van der Waals surface area (Å²) in [6, 6.07) is -0.387. The monoisotopic (exact) mass is 200 g/mol. The number of nitrogens with two attached hydrogens (primary N) is 1. The predicted octanol–water partition coefficient (Wildman–Crippen LogP) is -0.858. The highest BCUT2D eigenvalue weighted by Crippen LogP contribution is 1.84. The lowest BCUT2D eigenvalue weighted by atomic mass is 10.2. The zero-order valence-corrected chi connectivity index (χ0v) is 7.38. The lowest BCUT2D eigenvalue weighted by Gasteiger charge is -2.08. The van der Waals surface area contributed by atoms with Crippen molar-refractivity contribution >= 4 is 11.9 Å². The van der Waals surface area contributed by atoms with Crippen LogP contribution in [-0.2, 0) is 9.59 Å². The van der Waals surface area contributed by atoms with Gasteiger partial charge in [-0.1, -0.05) is 6.08 Å². The SMILES string of the molecule is NCC(C=CC(=O)O)NC=CC(=O)O. The van der Waals surface area contributed by atoms with E-state index < -0.39 is 11.9 Å². The van der Waals surface area contributed by atoms with E-state index in [0.29, 0.717) is 0 Å². The van der Waals surface area contributed by atoms with Crippen LogP contribution in [0.1, 0.15) is 0 Å². The molecule has 6 nitrogen and oxygen atoms in total. The lowest BCUT2D eigenvalue weighted by molar-refractivity contribution is -0.132. The van der Waals surface area contributed by atoms with Gasteiger partial charge < -0.3 is 21.3 Å². The van der Waals surface area contributed by atoms with Crippen LogP contribution in [-0.4, -0.2) is 34.7 Å². The van der Waals surface area contributed by atoms with Crippen LogP contribution in [0.25, 0.3) is 0 Å². The molecule has 0 aromatic heterocycles. The largest absolute Gasteiger partial charge is 0.478 e. The highest BCUT2D eigenvalue weighted by atomic mass is 16.4. The molecule has 0 amide bonds. The van der Waals surface area contributed by atoms with Crippen LogP contribution in [0.2, 0.25) is 0 Å². The first-order valence-corrected chi connectivity index (χ1v) is 3.83. The summed E-state index contributed by atoms with van der Waals surface area (Å²) < 4.78 is 0. The number of rotatable bonds is 6. The first-order valence-electron chi connectivity index (χ1n) is 3.83. The number of aliphatic carboxylic acids is 2. The standard InChI is InChI=1S/C8H12N2O4/c9-5-6(1-2-7(11)12)10-4-3-8(13)14/h1-4,6,10H,5,9H2,(H,11,12)(H,13,14). The molecule has 0 aromatic rings. The third-order valence-corrected chi connectivity index (χ3v) is 1.26. The van der Waals surface area contributed by atoms with Gasteiger partial charge in [0.2, 0.25) is 0 Å². The molecule has 0 fully saturated rings. The van der Waals surface area contributed by atoms with E-state index in [2.05, 4.69) is 5.32 Å². The minimum atomic E-state index is -1.09. The fraction of sp³-hybridized carbons (Fsp3) is 0.250. The van der Waals surface area contributed by atoms with E-state index in [0.717, 1.165) is 12.2 Å². The Morgan fingerprint density at radius 3 is 2.29 bits per heavy atom. The Bertz CT molecular complexity index is 260. The van der Waals surface area contributed by atoms with E-state index >= 15 is 0 Å². The third-order valence-electron chi connectivity index (χ3n) is 1.26. The van der Waals surface area contributed by atoms with Gasteiger partial charge >= 0.3 is 11.9 Å². The van der Waals surface area contributed by atoms with Crippen LogP contribution in [0, 0.1) is 0 Å². The highest BCUT2D eigenvalue weighted by Gasteiger charge is 1.98. The summed E-state index contributed by atoms with van der Waals surface area (Å²) >= 11 is 0. The van der Waals surface area contributed by atoms with E-state index in [1.807, 2.05) is 0 Å². The summed E-state index contributed by atoms with van der Waals surface area (Å²) in [5.41, 5.74) is 5.29. The number of carboxylic acids is 2. The molecule has 6 heteroatoms. The van der Waals surface area contributed by atoms with Gasteiger partial charge in [-0.2, -0.15) is 0 Å². The van der Waals surface area contributed by atoms with Crippen molar-refractivity contribution in [3.05, 3.63) is 24.4 Å². The number of hydrogen-bond acceptors (Lipinski definition) is 4. The van der Waals surface area contributed by atoms with E-state index in [-0.39, 0.29) is 12.6 Å². The number of nitrogens with one attached hydrogen (secondary N) is 1. The van der Waals surface area contributed by atoms with Gasteiger partial charge in [-0.05, 0) is 0 Å². The van der Waals surface area contributed by atoms with Gasteiger partial charge in [0.1, 0.15) is 0 Å². The molecule has 0 saturated heterocycles. The molecule has 14 heavy (non-hydrogen) atoms. The van der Waals surface area contributed by atoms with Gasteiger partial charge in [-0.15, -0.1) is 0 Å². The van der Waals surface area contributed by atoms with Crippen LogP contribution in [0.15, 0.2) is 24.4 Å². The van der Waals surface area contributed by atoms with Crippen molar-refractivity contribution in [1.82, 2.24) is 5.32 Å². The van der Waals surface area contributed by atoms with Crippen LogP contribution >= 0.6 is 0 Å². The van der Waals surface area contributed by atoms with Crippen LogP contribution in [0.3, 0.4) is 0 Å². The van der Waals surface area contributed by atoms with Crippen LogP contribution in [0.5, 0.6) is 0 Å². The molecule has 0 spiro atoms. The zero-order chi connectivity index (χ0) is 11.0. The van der Waals surface area contributed by atoms with Crippen molar-refractivity contribution in [2.75, 3.05) is 6.54 Å². The quantitative estimate of drug-likeness (QED) is 0.415. The molecule has 0 aromatic carbocycles. The van der Waals surface area contributed by atoms with E-state index in [1.165, 1.54) is 12.3 Å². The summed E-state index contributed by atoms with van der Waals surface area (Å²) in [6.45, 7) is 0.174. The second-order valence-electron chi connectivity index (χ2n) is 2.38. The molecule has 5 N–H and O–H groups in total. The maximum absolute atomic E-state index is 10.1. The number of carboxylic acid groups (broad SMARTS) is 2. The molecule has 1 unspecified atom stereocenters. The number of hydrogen-bond donors (Lipinski definition) is 4. The molecular formula is C8H12N2O4. The fourth-order valence-electron chi connectivity index (χ4n) is 0.644. The van der Waals surface area contributed by atoms with Gasteiger partial charge in [0, 0.05) is 24.9 Å². The molecular weight excluding hydrogens is 188 g/mol. The van der Waals surface area contributed by atoms with Crippen molar-refractivity contribution in [3.63, 3.8) is 0 Å². The fourth-order valence-corrected chi connectivity index (χ4v) is 0.644. The average molecular weight is 200 g/mol. The average Bonchev–Trinajstić information content (AvgIpc) is 2.10. The van der Waals surface area contributed by atoms with E-state index in [1.54, 1.807) is 0 Å². The topological polar surface area (TPSA) is 113 Å². The Hall–Kier alpha value is -1.82. The van der Waals surface area contributed by atoms with Gasteiger partial charge in [-0.3, -0.25) is 0 Å². The minimum absolute atomic E-state index is 0.174. The zero-order valence-electron chi connectivity index (χ0n) is 7.38. The van der Waals surface area contributed by atoms with Crippen molar-refractivity contribution in [2.24, 2.45) is 5.73 Å². The molecule has 78 valence electrons. The maximum Gasteiger partial charge on any atom is 0.329 e. The maximum atomic E-state index is 10.1. The van der Waals surface area contributed by atoms with Gasteiger partial charge in [0.05, 0.1) is 6.04 Å². The molecule has 0 rings (SSSR count). The first-order chi connectivity index (χ1) is 6.56. The first kappa shape index (κ1) is 12.2. The van der Waals surface area contributed by atoms with Crippen molar-refractivity contribution in [3.8, 4) is 0 Å². The summed E-state index contributed by atoms with van der Waals surface area (Å²) in [6.07, 6.45) is 4.39. The smallest absolute Gasteiger partial charge is 0.329 e. The van der Waals surface area contributed by atoms with E-state index in [9.17, 15) is 9.59 Å². The Morgan fingerprint density at radius 2 is 1.86 bits per heavy atom. The molecule has 0 heterocycles. The summed E-state index contributed by atoms with van der Waals surface area (Å²) in [4.78, 5) is 20.2.